The predicted octanol–water partition coefficient (Wildman–Crippen LogP) is 2.37. The van der Waals surface area contributed by atoms with E-state index in [4.69, 9.17) is 14.6 Å². The molecule has 5 nitrogen and oxygen atoms in total. The van der Waals surface area contributed by atoms with Crippen molar-refractivity contribution in [2.75, 3.05) is 6.79 Å². The maximum Gasteiger partial charge on any atom is 0.303 e. The van der Waals surface area contributed by atoms with Crippen LogP contribution >= 0.6 is 0 Å². The molecule has 0 fully saturated rings. The fourth-order valence-corrected chi connectivity index (χ4v) is 2.14. The molecule has 19 heavy (non-hydrogen) atoms. The number of benzene rings is 1. The van der Waals surface area contributed by atoms with Crippen molar-refractivity contribution in [3.05, 3.63) is 30.0 Å². The lowest BCUT2D eigenvalue weighted by Gasteiger charge is -2.04. The second-order valence-electron chi connectivity index (χ2n) is 4.49. The Hall–Kier alpha value is -2.30. The van der Waals surface area contributed by atoms with E-state index in [9.17, 15) is 4.79 Å². The van der Waals surface area contributed by atoms with E-state index in [1.54, 1.807) is 6.20 Å². The van der Waals surface area contributed by atoms with Crippen LogP contribution < -0.4 is 9.47 Å². The summed E-state index contributed by atoms with van der Waals surface area (Å²) in [6.45, 7) is 0.247. The van der Waals surface area contributed by atoms with E-state index in [0.717, 1.165) is 28.0 Å². The highest BCUT2D eigenvalue weighted by Crippen LogP contribution is 2.35. The van der Waals surface area contributed by atoms with E-state index in [1.165, 1.54) is 0 Å². The zero-order valence-electron chi connectivity index (χ0n) is 10.3. The Morgan fingerprint density at radius 1 is 1.26 bits per heavy atom. The molecular weight excluding hydrogens is 246 g/mol. The lowest BCUT2D eigenvalue weighted by atomic mass is 10.1. The highest BCUT2D eigenvalue weighted by Gasteiger charge is 2.14. The Morgan fingerprint density at radius 3 is 2.84 bits per heavy atom. The lowest BCUT2D eigenvalue weighted by Crippen LogP contribution is -1.96. The van der Waals surface area contributed by atoms with Crippen LogP contribution in [0.25, 0.3) is 10.9 Å². The van der Waals surface area contributed by atoms with Crippen molar-refractivity contribution in [1.82, 2.24) is 4.98 Å². The molecular formula is C14H13NO4. The third kappa shape index (κ3) is 2.45. The van der Waals surface area contributed by atoms with E-state index >= 15 is 0 Å². The van der Waals surface area contributed by atoms with Crippen LogP contribution in [-0.4, -0.2) is 22.9 Å². The predicted molar refractivity (Wildman–Crippen MR) is 68.4 cm³/mol. The van der Waals surface area contributed by atoms with Gasteiger partial charge in [-0.2, -0.15) is 0 Å². The van der Waals surface area contributed by atoms with Gasteiger partial charge in [-0.15, -0.1) is 0 Å². The van der Waals surface area contributed by atoms with Crippen LogP contribution in [0.3, 0.4) is 0 Å². The molecule has 0 saturated heterocycles. The number of aromatic nitrogens is 1. The van der Waals surface area contributed by atoms with Crippen molar-refractivity contribution in [1.29, 1.82) is 0 Å². The number of hydrogen-bond acceptors (Lipinski definition) is 4. The topological polar surface area (TPSA) is 68.7 Å². The number of carboxylic acids is 1. The molecule has 1 N–H and O–H groups in total. The van der Waals surface area contributed by atoms with Crippen molar-refractivity contribution < 1.29 is 19.4 Å². The van der Waals surface area contributed by atoms with E-state index in [-0.39, 0.29) is 13.2 Å². The zero-order chi connectivity index (χ0) is 13.2. The average molecular weight is 259 g/mol. The van der Waals surface area contributed by atoms with Gasteiger partial charge in [-0.25, -0.2) is 0 Å². The Balaban J connectivity index is 1.84. The van der Waals surface area contributed by atoms with Crippen molar-refractivity contribution in [3.8, 4) is 11.5 Å². The molecule has 2 aromatic rings. The molecule has 3 rings (SSSR count). The number of carbonyl (C=O) groups is 1. The Kier molecular flexibility index (Phi) is 2.95. The van der Waals surface area contributed by atoms with Gasteiger partial charge in [0.2, 0.25) is 6.79 Å². The van der Waals surface area contributed by atoms with Gasteiger partial charge in [-0.1, -0.05) is 0 Å². The van der Waals surface area contributed by atoms with Crippen LogP contribution in [0.5, 0.6) is 11.5 Å². The first-order valence-electron chi connectivity index (χ1n) is 6.12. The van der Waals surface area contributed by atoms with Gasteiger partial charge < -0.3 is 14.6 Å². The fraction of sp³-hybridized carbons (Fsp3) is 0.286. The maximum absolute atomic E-state index is 10.5. The first-order chi connectivity index (χ1) is 9.22. The lowest BCUT2D eigenvalue weighted by molar-refractivity contribution is -0.137. The van der Waals surface area contributed by atoms with Crippen molar-refractivity contribution in [2.45, 2.75) is 19.3 Å². The molecule has 0 amide bonds. The fourth-order valence-electron chi connectivity index (χ4n) is 2.14. The molecule has 0 atom stereocenters. The Morgan fingerprint density at radius 2 is 2.05 bits per heavy atom. The number of carboxylic acid groups (broad SMARTS) is 1. The summed E-state index contributed by atoms with van der Waals surface area (Å²) >= 11 is 0. The van der Waals surface area contributed by atoms with E-state index in [2.05, 4.69) is 4.98 Å². The van der Waals surface area contributed by atoms with Crippen molar-refractivity contribution in [2.24, 2.45) is 0 Å². The SMILES string of the molecule is O=C(O)CCCc1cnc2cc3c(cc2c1)OCO3. The van der Waals surface area contributed by atoms with Gasteiger partial charge in [-0.3, -0.25) is 9.78 Å². The summed E-state index contributed by atoms with van der Waals surface area (Å²) in [5, 5.41) is 9.61. The molecule has 0 radical (unpaired) electrons. The second kappa shape index (κ2) is 4.76. The summed E-state index contributed by atoms with van der Waals surface area (Å²) < 4.78 is 10.6. The minimum Gasteiger partial charge on any atom is -0.481 e. The van der Waals surface area contributed by atoms with Gasteiger partial charge in [0.1, 0.15) is 0 Å². The summed E-state index contributed by atoms with van der Waals surface area (Å²) in [4.78, 5) is 14.9. The van der Waals surface area contributed by atoms with Crippen LogP contribution in [0, 0.1) is 0 Å². The molecule has 0 saturated carbocycles. The first kappa shape index (κ1) is 11.8. The van der Waals surface area contributed by atoms with Gasteiger partial charge in [0.15, 0.2) is 11.5 Å². The highest BCUT2D eigenvalue weighted by molar-refractivity contribution is 5.83. The van der Waals surface area contributed by atoms with Gasteiger partial charge >= 0.3 is 5.97 Å². The van der Waals surface area contributed by atoms with E-state index in [1.807, 2.05) is 18.2 Å². The normalized spacial score (nSPS) is 12.8. The Labute approximate surface area is 109 Å². The molecule has 0 unspecified atom stereocenters. The van der Waals surface area contributed by atoms with Crippen LogP contribution in [0.1, 0.15) is 18.4 Å². The largest absolute Gasteiger partial charge is 0.481 e. The molecule has 0 bridgehead atoms. The smallest absolute Gasteiger partial charge is 0.303 e. The van der Waals surface area contributed by atoms with Crippen LogP contribution in [0.2, 0.25) is 0 Å². The number of aryl methyl sites for hydroxylation is 1. The monoisotopic (exact) mass is 259 g/mol. The molecule has 1 aliphatic heterocycles. The maximum atomic E-state index is 10.5. The third-order valence-corrected chi connectivity index (χ3v) is 3.09. The molecule has 5 heteroatoms. The first-order valence-corrected chi connectivity index (χ1v) is 6.12. The van der Waals surface area contributed by atoms with Crippen molar-refractivity contribution >= 4 is 16.9 Å². The zero-order valence-corrected chi connectivity index (χ0v) is 10.3. The minimum absolute atomic E-state index is 0.180. The third-order valence-electron chi connectivity index (χ3n) is 3.09. The van der Waals surface area contributed by atoms with Crippen LogP contribution in [-0.2, 0) is 11.2 Å². The number of ether oxygens (including phenoxy) is 2. The molecule has 2 heterocycles. The summed E-state index contributed by atoms with van der Waals surface area (Å²) in [5.74, 6) is 0.688. The molecule has 1 aliphatic rings. The minimum atomic E-state index is -0.767. The van der Waals surface area contributed by atoms with Gasteiger partial charge in [0.25, 0.3) is 0 Å². The molecule has 0 aliphatic carbocycles. The highest BCUT2D eigenvalue weighted by atomic mass is 16.7. The van der Waals surface area contributed by atoms with Gasteiger partial charge in [0.05, 0.1) is 5.52 Å². The number of nitrogens with zero attached hydrogens (tertiary/aromatic N) is 1. The second-order valence-corrected chi connectivity index (χ2v) is 4.49. The summed E-state index contributed by atoms with van der Waals surface area (Å²) in [6.07, 6.45) is 3.29. The summed E-state index contributed by atoms with van der Waals surface area (Å²) in [7, 11) is 0. The van der Waals surface area contributed by atoms with Crippen LogP contribution in [0.4, 0.5) is 0 Å². The number of pyridine rings is 1. The van der Waals surface area contributed by atoms with E-state index in [0.29, 0.717) is 12.8 Å². The molecule has 0 spiro atoms. The number of aliphatic carboxylic acids is 1. The molecule has 1 aromatic carbocycles. The number of fused-ring (bicyclic) bond motifs is 2. The summed E-state index contributed by atoms with van der Waals surface area (Å²) in [6, 6.07) is 5.79. The Bertz CT molecular complexity index is 639. The quantitative estimate of drug-likeness (QED) is 0.912. The standard InChI is InChI=1S/C14H13NO4/c16-14(17)3-1-2-9-4-10-5-12-13(19-8-18-12)6-11(10)15-7-9/h4-7H,1-3,8H2,(H,16,17). The van der Waals surface area contributed by atoms with E-state index < -0.39 is 5.97 Å². The number of hydrogen-bond donors (Lipinski definition) is 1. The van der Waals surface area contributed by atoms with Gasteiger partial charge in [0, 0.05) is 24.1 Å². The molecule has 98 valence electrons. The number of rotatable bonds is 4. The van der Waals surface area contributed by atoms with Crippen LogP contribution in [0.15, 0.2) is 24.4 Å². The molecule has 1 aromatic heterocycles. The van der Waals surface area contributed by atoms with Gasteiger partial charge in [-0.05, 0) is 30.5 Å². The summed E-state index contributed by atoms with van der Waals surface area (Å²) in [5.41, 5.74) is 1.89. The van der Waals surface area contributed by atoms with Crippen molar-refractivity contribution in [3.63, 3.8) is 0 Å². The average Bonchev–Trinajstić information content (AvgIpc) is 2.82.